The Hall–Kier alpha value is -5.68. The number of carbonyl (C=O) groups excluding carboxylic acids is 5. The minimum atomic E-state index is -5.48. The first-order chi connectivity index (χ1) is 23.5. The van der Waals surface area contributed by atoms with Gasteiger partial charge in [0.25, 0.3) is 5.91 Å². The Morgan fingerprint density at radius 2 is 1.50 bits per heavy atom. The van der Waals surface area contributed by atoms with Crippen LogP contribution in [-0.2, 0) is 41.6 Å². The van der Waals surface area contributed by atoms with Crippen molar-refractivity contribution in [2.75, 3.05) is 20.1 Å². The van der Waals surface area contributed by atoms with Crippen LogP contribution in [-0.4, -0.2) is 101 Å². The van der Waals surface area contributed by atoms with E-state index in [4.69, 9.17) is 11.5 Å². The quantitative estimate of drug-likeness (QED) is 0.0943. The molecule has 15 nitrogen and oxygen atoms in total. The zero-order valence-corrected chi connectivity index (χ0v) is 27.0. The maximum absolute atomic E-state index is 15.6. The summed E-state index contributed by atoms with van der Waals surface area (Å²) in [7, 11) is 0.755. The highest BCUT2D eigenvalue weighted by Crippen LogP contribution is 2.39. The van der Waals surface area contributed by atoms with E-state index in [1.165, 1.54) is 24.3 Å². The average Bonchev–Trinajstić information content (AvgIpc) is 3.05. The molecule has 1 aliphatic rings. The normalized spacial score (nSPS) is 22.6. The number of rotatable bonds is 10. The molecule has 1 aliphatic heterocycles. The molecule has 0 unspecified atom stereocenters. The Bertz CT molecular complexity index is 1570. The Morgan fingerprint density at radius 1 is 0.900 bits per heavy atom. The van der Waals surface area contributed by atoms with Crippen molar-refractivity contribution in [3.63, 3.8) is 0 Å². The number of hydrogen-bond acceptors (Lipinski definition) is 7. The van der Waals surface area contributed by atoms with Gasteiger partial charge in [-0.05, 0) is 24.0 Å². The second-order valence-electron chi connectivity index (χ2n) is 11.6. The van der Waals surface area contributed by atoms with Gasteiger partial charge in [0.1, 0.15) is 18.1 Å². The lowest BCUT2D eigenvalue weighted by molar-refractivity contribution is -0.227. The molecule has 270 valence electrons. The van der Waals surface area contributed by atoms with Crippen LogP contribution in [0.15, 0.2) is 65.7 Å². The van der Waals surface area contributed by atoms with Crippen LogP contribution in [0.5, 0.6) is 0 Å². The number of hydrogen-bond donors (Lipinski definition) is 7. The molecule has 0 radical (unpaired) electrons. The lowest BCUT2D eigenvalue weighted by Gasteiger charge is -2.43. The molecular formula is C32H39F3N8O7. The monoisotopic (exact) mass is 704 g/mol. The maximum Gasteiger partial charge on any atom is 0.421 e. The van der Waals surface area contributed by atoms with Gasteiger partial charge in [-0.25, -0.2) is 0 Å². The lowest BCUT2D eigenvalue weighted by atomic mass is 9.85. The Kier molecular flexibility index (Phi) is 13.3. The summed E-state index contributed by atoms with van der Waals surface area (Å²) < 4.78 is 46.8. The van der Waals surface area contributed by atoms with Crippen LogP contribution in [0.1, 0.15) is 30.4 Å². The predicted octanol–water partition coefficient (Wildman–Crippen LogP) is -0.656. The fraction of sp³-hybridized carbons (Fsp3) is 0.406. The van der Waals surface area contributed by atoms with Gasteiger partial charge >= 0.3 is 12.1 Å². The Balaban J connectivity index is 2.23. The zero-order chi connectivity index (χ0) is 37.1. The first-order valence-corrected chi connectivity index (χ1v) is 15.4. The summed E-state index contributed by atoms with van der Waals surface area (Å²) >= 11 is 0. The minimum Gasteiger partial charge on any atom is -0.481 e. The third-order valence-electron chi connectivity index (χ3n) is 7.97. The number of benzene rings is 2. The number of aliphatic imine (C=N–C) groups is 1. The number of carboxylic acids is 1. The molecule has 4 atom stereocenters. The fourth-order valence-corrected chi connectivity index (χ4v) is 5.38. The summed E-state index contributed by atoms with van der Waals surface area (Å²) in [4.78, 5) is 83.5. The first kappa shape index (κ1) is 38.8. The summed E-state index contributed by atoms with van der Waals surface area (Å²) in [5, 5.41) is 18.3. The van der Waals surface area contributed by atoms with Gasteiger partial charge in [-0.15, -0.1) is 0 Å². The van der Waals surface area contributed by atoms with E-state index in [0.717, 1.165) is 7.05 Å². The van der Waals surface area contributed by atoms with Crippen molar-refractivity contribution >= 4 is 41.5 Å². The van der Waals surface area contributed by atoms with E-state index in [1.54, 1.807) is 36.4 Å². The van der Waals surface area contributed by atoms with Crippen LogP contribution in [0, 0.1) is 0 Å². The number of likely N-dealkylation sites (N-methyl/N-ethyl adjacent to an activating group) is 1. The van der Waals surface area contributed by atoms with E-state index < -0.39 is 84.7 Å². The van der Waals surface area contributed by atoms with E-state index in [9.17, 15) is 33.9 Å². The molecule has 0 saturated carbocycles. The zero-order valence-electron chi connectivity index (χ0n) is 27.0. The number of alkyl halides is 3. The number of nitrogens with one attached hydrogen (secondary N) is 4. The summed E-state index contributed by atoms with van der Waals surface area (Å²) in [6.07, 6.45) is -8.23. The molecule has 0 spiro atoms. The highest BCUT2D eigenvalue weighted by atomic mass is 19.4. The number of guanidine groups is 1. The number of carboxylic acid groups (broad SMARTS) is 1. The van der Waals surface area contributed by atoms with Gasteiger partial charge in [-0.3, -0.25) is 33.8 Å². The molecule has 5 amide bonds. The van der Waals surface area contributed by atoms with Gasteiger partial charge in [-0.1, -0.05) is 60.7 Å². The number of halogens is 3. The molecule has 0 aromatic heterocycles. The first-order valence-electron chi connectivity index (χ1n) is 15.4. The van der Waals surface area contributed by atoms with Gasteiger partial charge < -0.3 is 42.7 Å². The fourth-order valence-electron chi connectivity index (χ4n) is 5.38. The third kappa shape index (κ3) is 10.2. The second-order valence-corrected chi connectivity index (χ2v) is 11.6. The number of nitrogens with two attached hydrogens (primary N) is 2. The molecule has 1 saturated heterocycles. The predicted molar refractivity (Wildman–Crippen MR) is 173 cm³/mol. The summed E-state index contributed by atoms with van der Waals surface area (Å²) in [6.45, 7) is -0.912. The molecule has 0 aliphatic carbocycles. The molecule has 3 rings (SSSR count). The number of aliphatic carboxylic acids is 1. The van der Waals surface area contributed by atoms with Crippen molar-refractivity contribution in [1.29, 1.82) is 0 Å². The van der Waals surface area contributed by atoms with E-state index in [-0.39, 0.29) is 42.2 Å². The maximum atomic E-state index is 15.6. The molecule has 1 heterocycles. The van der Waals surface area contributed by atoms with E-state index >= 15 is 13.2 Å². The van der Waals surface area contributed by atoms with Gasteiger partial charge in [-0.2, -0.15) is 13.2 Å². The molecule has 50 heavy (non-hydrogen) atoms. The average molecular weight is 705 g/mol. The number of carbonyl (C=O) groups is 6. The van der Waals surface area contributed by atoms with E-state index in [2.05, 4.69) is 26.3 Å². The van der Waals surface area contributed by atoms with Crippen molar-refractivity contribution in [3.8, 4) is 0 Å². The molecule has 9 N–H and O–H groups in total. The standard InChI is InChI=1S/C32H39F3N8O7/c1-43-28(49)23(15-19-9-4-2-5-10-19)41-27(48)22(16-25(45)46)40-24(44)18-39-26(47)21(13-8-14-38-30(36)37)42-29(50)31(43,32(33,34)35)17-20-11-6-3-7-12-20/h2-7,9-12,21-23H,8,13-18H2,1H3,(H,39,47)(H,40,44)(H,41,48)(H,42,50)(H,45,46)(H4,36,37,38)/t21-,22-,23-,31-/m0/s1. The minimum absolute atomic E-state index is 0.00580. The second kappa shape index (κ2) is 17.1. The highest BCUT2D eigenvalue weighted by molar-refractivity contribution is 6.00. The number of nitrogens with zero attached hydrogens (tertiary/aromatic N) is 2. The molecule has 18 heteroatoms. The van der Waals surface area contributed by atoms with Crippen molar-refractivity contribution in [2.24, 2.45) is 16.5 Å². The van der Waals surface area contributed by atoms with Gasteiger partial charge in [0.15, 0.2) is 5.96 Å². The summed E-state index contributed by atoms with van der Waals surface area (Å²) in [5.41, 5.74) is 7.42. The van der Waals surface area contributed by atoms with Crippen molar-refractivity contribution < 1.29 is 47.0 Å². The molecule has 2 aromatic rings. The SMILES string of the molecule is CN1C(=O)[C@H](Cc2ccccc2)NC(=O)[C@H](CC(=O)O)NC(=O)CNC(=O)[C@H](CCCN=C(N)N)NC(=O)[C@@]1(Cc1ccccc1)C(F)(F)F. The summed E-state index contributed by atoms with van der Waals surface area (Å²) in [6, 6.07) is 9.71. The van der Waals surface area contributed by atoms with Crippen LogP contribution in [0.4, 0.5) is 13.2 Å². The summed E-state index contributed by atoms with van der Waals surface area (Å²) in [5.74, 6) is -8.26. The van der Waals surface area contributed by atoms with Crippen LogP contribution < -0.4 is 32.7 Å². The van der Waals surface area contributed by atoms with Crippen LogP contribution >= 0.6 is 0 Å². The lowest BCUT2D eigenvalue weighted by Crippen LogP contribution is -2.71. The Labute approximate surface area is 285 Å². The van der Waals surface area contributed by atoms with Crippen molar-refractivity contribution in [2.45, 2.75) is 61.9 Å². The smallest absolute Gasteiger partial charge is 0.421 e. The number of amides is 5. The topological polar surface area (TPSA) is 238 Å². The molecule has 2 aromatic carbocycles. The van der Waals surface area contributed by atoms with Gasteiger partial charge in [0.05, 0.1) is 13.0 Å². The highest BCUT2D eigenvalue weighted by Gasteiger charge is 2.65. The van der Waals surface area contributed by atoms with E-state index in [0.29, 0.717) is 5.56 Å². The van der Waals surface area contributed by atoms with Crippen LogP contribution in [0.3, 0.4) is 0 Å². The van der Waals surface area contributed by atoms with Gasteiger partial charge in [0.2, 0.25) is 29.2 Å². The van der Waals surface area contributed by atoms with E-state index in [1.807, 2.05) is 0 Å². The van der Waals surface area contributed by atoms with Crippen molar-refractivity contribution in [3.05, 3.63) is 71.8 Å². The Morgan fingerprint density at radius 3 is 2.06 bits per heavy atom. The van der Waals surface area contributed by atoms with Crippen LogP contribution in [0.2, 0.25) is 0 Å². The van der Waals surface area contributed by atoms with Crippen molar-refractivity contribution in [1.82, 2.24) is 26.2 Å². The largest absolute Gasteiger partial charge is 0.481 e. The third-order valence-corrected chi connectivity index (χ3v) is 7.97. The van der Waals surface area contributed by atoms with Gasteiger partial charge in [0, 0.05) is 26.4 Å². The molecule has 1 fully saturated rings. The molecule has 0 bridgehead atoms. The molecular weight excluding hydrogens is 665 g/mol. The van der Waals surface area contributed by atoms with Crippen LogP contribution in [0.25, 0.3) is 0 Å².